The second kappa shape index (κ2) is 5.25. The molecule has 1 aromatic rings. The summed E-state index contributed by atoms with van der Waals surface area (Å²) in [5.74, 6) is 0.450. The fourth-order valence-electron chi connectivity index (χ4n) is 1.35. The van der Waals surface area contributed by atoms with Crippen LogP contribution in [0.4, 0.5) is 10.5 Å². The molecule has 5 nitrogen and oxygen atoms in total. The number of para-hydroxylation sites is 1. The second-order valence-corrected chi connectivity index (χ2v) is 4.15. The summed E-state index contributed by atoms with van der Waals surface area (Å²) in [7, 11) is 0. The van der Waals surface area contributed by atoms with Crippen LogP contribution >= 0.6 is 23.2 Å². The lowest BCUT2D eigenvalue weighted by Crippen LogP contribution is -2.40. The summed E-state index contributed by atoms with van der Waals surface area (Å²) in [5.41, 5.74) is 0.381. The normalized spacial score (nSPS) is 13.9. The maximum absolute atomic E-state index is 11.6. The van der Waals surface area contributed by atoms with Crippen LogP contribution in [0.15, 0.2) is 23.2 Å². The van der Waals surface area contributed by atoms with E-state index in [1.165, 1.54) is 0 Å². The molecule has 0 fully saturated rings. The molecule has 0 atom stereocenters. The van der Waals surface area contributed by atoms with E-state index in [0.29, 0.717) is 28.2 Å². The van der Waals surface area contributed by atoms with Crippen LogP contribution in [0.3, 0.4) is 0 Å². The van der Waals surface area contributed by atoms with Gasteiger partial charge in [0.1, 0.15) is 0 Å². The van der Waals surface area contributed by atoms with Crippen molar-refractivity contribution >= 4 is 40.9 Å². The third kappa shape index (κ3) is 3.01. The molecule has 1 aliphatic heterocycles. The molecule has 2 amide bonds. The van der Waals surface area contributed by atoms with Gasteiger partial charge in [0, 0.05) is 6.54 Å². The fraction of sp³-hybridized carbons (Fsp3) is 0.200. The number of rotatable bonds is 1. The molecule has 1 heterocycles. The number of carbonyl (C=O) groups excluding carboxylic acids is 1. The number of nitrogens with zero attached hydrogens (tertiary/aromatic N) is 1. The first kappa shape index (κ1) is 12.0. The summed E-state index contributed by atoms with van der Waals surface area (Å²) in [4.78, 5) is 15.6. The molecule has 3 N–H and O–H groups in total. The number of anilines is 1. The first-order chi connectivity index (χ1) is 8.16. The van der Waals surface area contributed by atoms with Crippen molar-refractivity contribution in [3.05, 3.63) is 28.2 Å². The predicted molar refractivity (Wildman–Crippen MR) is 68.9 cm³/mol. The minimum absolute atomic E-state index is 0.381. The molecule has 1 aromatic carbocycles. The van der Waals surface area contributed by atoms with E-state index in [1.807, 2.05) is 0 Å². The quantitative estimate of drug-likeness (QED) is 0.733. The Labute approximate surface area is 108 Å². The highest BCUT2D eigenvalue weighted by atomic mass is 35.5. The molecule has 0 aromatic heterocycles. The number of amides is 2. The Morgan fingerprint density at radius 3 is 2.59 bits per heavy atom. The number of benzene rings is 1. The number of hydrogen-bond acceptors (Lipinski definition) is 3. The zero-order chi connectivity index (χ0) is 12.3. The van der Waals surface area contributed by atoms with Crippen LogP contribution in [0.2, 0.25) is 10.0 Å². The second-order valence-electron chi connectivity index (χ2n) is 3.33. The van der Waals surface area contributed by atoms with Crippen LogP contribution in [0.1, 0.15) is 0 Å². The Morgan fingerprint density at radius 1 is 1.29 bits per heavy atom. The van der Waals surface area contributed by atoms with Gasteiger partial charge in [0.05, 0.1) is 22.3 Å². The molecule has 7 heteroatoms. The van der Waals surface area contributed by atoms with Gasteiger partial charge in [-0.05, 0) is 12.1 Å². The Balaban J connectivity index is 2.02. The lowest BCUT2D eigenvalue weighted by Gasteiger charge is -2.10. The van der Waals surface area contributed by atoms with Crippen LogP contribution in [0.5, 0.6) is 0 Å². The number of hydrogen-bond donors (Lipinski definition) is 3. The lowest BCUT2D eigenvalue weighted by molar-refractivity contribution is 0.256. The van der Waals surface area contributed by atoms with Crippen molar-refractivity contribution in [3.63, 3.8) is 0 Å². The van der Waals surface area contributed by atoms with Crippen molar-refractivity contribution in [1.29, 1.82) is 0 Å². The molecule has 17 heavy (non-hydrogen) atoms. The Bertz CT molecular complexity index is 455. The van der Waals surface area contributed by atoms with Crippen LogP contribution in [-0.2, 0) is 0 Å². The van der Waals surface area contributed by atoms with Gasteiger partial charge in [-0.3, -0.25) is 10.3 Å². The summed E-state index contributed by atoms with van der Waals surface area (Å²) >= 11 is 11.8. The predicted octanol–water partition coefficient (Wildman–Crippen LogP) is 2.07. The van der Waals surface area contributed by atoms with Gasteiger partial charge in [0.2, 0.25) is 0 Å². The largest absolute Gasteiger partial charge is 0.354 e. The van der Waals surface area contributed by atoms with Crippen molar-refractivity contribution < 1.29 is 4.79 Å². The Hall–Kier alpha value is -1.46. The number of guanidine groups is 1. The third-order valence-corrected chi connectivity index (χ3v) is 2.74. The first-order valence-electron chi connectivity index (χ1n) is 4.97. The van der Waals surface area contributed by atoms with Crippen LogP contribution in [0, 0.1) is 0 Å². The van der Waals surface area contributed by atoms with Crippen LogP contribution in [-0.4, -0.2) is 25.1 Å². The number of aliphatic imine (C=N–C) groups is 1. The molecule has 0 saturated heterocycles. The van der Waals surface area contributed by atoms with Gasteiger partial charge in [-0.1, -0.05) is 29.3 Å². The van der Waals surface area contributed by atoms with E-state index in [-0.39, 0.29) is 0 Å². The van der Waals surface area contributed by atoms with E-state index in [4.69, 9.17) is 23.2 Å². The van der Waals surface area contributed by atoms with Crippen molar-refractivity contribution in [2.75, 3.05) is 18.4 Å². The molecule has 0 unspecified atom stereocenters. The maximum Gasteiger partial charge on any atom is 0.326 e. The fourth-order valence-corrected chi connectivity index (χ4v) is 1.84. The van der Waals surface area contributed by atoms with Crippen LogP contribution < -0.4 is 16.0 Å². The van der Waals surface area contributed by atoms with E-state index < -0.39 is 6.03 Å². The topological polar surface area (TPSA) is 65.5 Å². The standard InChI is InChI=1S/C10H10Cl2N4O/c11-6-2-1-3-7(12)8(6)15-10(17)16-9-13-4-5-14-9/h1-3H,4-5H2,(H3,13,14,15,16,17). The average Bonchev–Trinajstić information content (AvgIpc) is 2.76. The maximum atomic E-state index is 11.6. The monoisotopic (exact) mass is 272 g/mol. The third-order valence-electron chi connectivity index (χ3n) is 2.11. The van der Waals surface area contributed by atoms with E-state index in [9.17, 15) is 4.79 Å². The number of nitrogens with one attached hydrogen (secondary N) is 3. The van der Waals surface area contributed by atoms with Gasteiger partial charge in [0.15, 0.2) is 5.96 Å². The van der Waals surface area contributed by atoms with Crippen molar-refractivity contribution in [1.82, 2.24) is 10.6 Å². The lowest BCUT2D eigenvalue weighted by atomic mass is 10.3. The summed E-state index contributed by atoms with van der Waals surface area (Å²) in [6, 6.07) is 4.56. The van der Waals surface area contributed by atoms with E-state index in [0.717, 1.165) is 6.54 Å². The van der Waals surface area contributed by atoms with Crippen LogP contribution in [0.25, 0.3) is 0 Å². The molecule has 2 rings (SSSR count). The van der Waals surface area contributed by atoms with Gasteiger partial charge < -0.3 is 10.6 Å². The molecule has 0 spiro atoms. The highest BCUT2D eigenvalue weighted by molar-refractivity contribution is 6.39. The average molecular weight is 273 g/mol. The molecule has 0 aliphatic carbocycles. The minimum atomic E-state index is -0.437. The van der Waals surface area contributed by atoms with Gasteiger partial charge in [-0.25, -0.2) is 4.79 Å². The smallest absolute Gasteiger partial charge is 0.326 e. The number of carbonyl (C=O) groups is 1. The molecule has 0 saturated carbocycles. The summed E-state index contributed by atoms with van der Waals surface area (Å²) in [5, 5.41) is 8.81. The zero-order valence-corrected chi connectivity index (χ0v) is 10.3. The number of halogens is 2. The van der Waals surface area contributed by atoms with E-state index in [2.05, 4.69) is 20.9 Å². The van der Waals surface area contributed by atoms with Crippen molar-refractivity contribution in [3.8, 4) is 0 Å². The van der Waals surface area contributed by atoms with Crippen molar-refractivity contribution in [2.24, 2.45) is 4.99 Å². The molecule has 1 aliphatic rings. The van der Waals surface area contributed by atoms with E-state index >= 15 is 0 Å². The van der Waals surface area contributed by atoms with Gasteiger partial charge in [0.25, 0.3) is 0 Å². The highest BCUT2D eigenvalue weighted by Crippen LogP contribution is 2.29. The Kier molecular flexibility index (Phi) is 3.71. The van der Waals surface area contributed by atoms with Gasteiger partial charge >= 0.3 is 6.03 Å². The Morgan fingerprint density at radius 2 is 2.00 bits per heavy atom. The summed E-state index contributed by atoms with van der Waals surface area (Å²) in [6.45, 7) is 1.38. The minimum Gasteiger partial charge on any atom is -0.354 e. The molecule has 0 bridgehead atoms. The zero-order valence-electron chi connectivity index (χ0n) is 8.76. The molecule has 0 radical (unpaired) electrons. The molecule has 90 valence electrons. The molecular formula is C10H10Cl2N4O. The highest BCUT2D eigenvalue weighted by Gasteiger charge is 2.12. The SMILES string of the molecule is O=C(NC1=NCCN1)Nc1c(Cl)cccc1Cl. The van der Waals surface area contributed by atoms with Gasteiger partial charge in [-0.15, -0.1) is 0 Å². The van der Waals surface area contributed by atoms with Gasteiger partial charge in [-0.2, -0.15) is 0 Å². The number of urea groups is 1. The summed E-state index contributed by atoms with van der Waals surface area (Å²) in [6.07, 6.45) is 0. The van der Waals surface area contributed by atoms with Crippen molar-refractivity contribution in [2.45, 2.75) is 0 Å². The first-order valence-corrected chi connectivity index (χ1v) is 5.73. The summed E-state index contributed by atoms with van der Waals surface area (Å²) < 4.78 is 0. The molecular weight excluding hydrogens is 263 g/mol. The van der Waals surface area contributed by atoms with E-state index in [1.54, 1.807) is 18.2 Å².